The number of hydrogen-bond donors (Lipinski definition) is 0. The molecule has 0 aliphatic carbocycles. The molecule has 50 heavy (non-hydrogen) atoms. The van der Waals surface area contributed by atoms with Crippen molar-refractivity contribution in [3.63, 3.8) is 0 Å². The van der Waals surface area contributed by atoms with Gasteiger partial charge in [0.2, 0.25) is 0 Å². The molecule has 6 rings (SSSR count). The van der Waals surface area contributed by atoms with Gasteiger partial charge >= 0.3 is 41.3 Å². The number of rotatable bonds is 6. The van der Waals surface area contributed by atoms with Crippen molar-refractivity contribution < 1.29 is 49.0 Å². The summed E-state index contributed by atoms with van der Waals surface area (Å²) in [5.41, 5.74) is 11.4. The summed E-state index contributed by atoms with van der Waals surface area (Å²) in [5, 5.41) is 5.49. The topological polar surface area (TPSA) is 0 Å². The molecule has 0 radical (unpaired) electrons. The second-order valence-corrected chi connectivity index (χ2v) is 18.0. The van der Waals surface area contributed by atoms with E-state index in [-0.39, 0.29) is 35.6 Å². The van der Waals surface area contributed by atoms with E-state index in [4.69, 9.17) is 0 Å². The molecule has 0 nitrogen and oxygen atoms in total. The molecular formula is C47H56Cl2Zr-2. The van der Waals surface area contributed by atoms with Crippen LogP contribution in [0.25, 0.3) is 43.8 Å². The fourth-order valence-electron chi connectivity index (χ4n) is 6.26. The maximum absolute atomic E-state index is 2.37. The molecule has 0 aliphatic rings. The molecule has 0 aliphatic heterocycles. The molecule has 264 valence electrons. The van der Waals surface area contributed by atoms with E-state index in [1.165, 1.54) is 82.1 Å². The van der Waals surface area contributed by atoms with Crippen molar-refractivity contribution in [1.29, 1.82) is 0 Å². The van der Waals surface area contributed by atoms with Gasteiger partial charge < -0.3 is 24.8 Å². The van der Waals surface area contributed by atoms with E-state index >= 15 is 0 Å². The summed E-state index contributed by atoms with van der Waals surface area (Å²) < 4.78 is 1.51. The minimum absolute atomic E-state index is 0. The van der Waals surface area contributed by atoms with E-state index in [0.29, 0.717) is 0 Å². The minimum atomic E-state index is 0. The van der Waals surface area contributed by atoms with Gasteiger partial charge in [0.15, 0.2) is 0 Å². The van der Waals surface area contributed by atoms with Gasteiger partial charge in [0.1, 0.15) is 0 Å². The Labute approximate surface area is 331 Å². The van der Waals surface area contributed by atoms with Crippen LogP contribution in [0.15, 0.2) is 109 Å². The summed E-state index contributed by atoms with van der Waals surface area (Å²) >= 11 is 1.55. The minimum Gasteiger partial charge on any atom is -1.00 e. The Morgan fingerprint density at radius 1 is 0.540 bits per heavy atom. The van der Waals surface area contributed by atoms with Crippen LogP contribution < -0.4 is 24.8 Å². The number of halogens is 2. The number of hydrogen-bond acceptors (Lipinski definition) is 0. The van der Waals surface area contributed by atoms with Crippen LogP contribution in [0.1, 0.15) is 104 Å². The first-order chi connectivity index (χ1) is 22.7. The van der Waals surface area contributed by atoms with Crippen LogP contribution in [-0.2, 0) is 47.9 Å². The first-order valence-corrected chi connectivity index (χ1v) is 19.0. The molecule has 0 unspecified atom stereocenters. The summed E-state index contributed by atoms with van der Waals surface area (Å²) in [6.45, 7) is 22.3. The maximum Gasteiger partial charge on any atom is -1.00 e. The van der Waals surface area contributed by atoms with Gasteiger partial charge in [0, 0.05) is 0 Å². The van der Waals surface area contributed by atoms with Crippen LogP contribution in [0.5, 0.6) is 0 Å². The zero-order valence-electron chi connectivity index (χ0n) is 32.0. The molecular weight excluding hydrogens is 727 g/mol. The van der Waals surface area contributed by atoms with Gasteiger partial charge in [-0.1, -0.05) is 140 Å². The van der Waals surface area contributed by atoms with Crippen LogP contribution in [0.3, 0.4) is 0 Å². The third-order valence-electron chi connectivity index (χ3n) is 8.82. The fraction of sp³-hybridized carbons (Fsp3) is 0.340. The molecule has 0 amide bonds. The molecule has 0 saturated heterocycles. The standard InChI is InChI=1S/2C22H25.C3H6.2ClH.Zr/c2*1-5-7-16-14-18-8-6-9-20(21(18)15-16)17-10-12-19(13-11-17)22(2,3)4;1-3-2;;;/h2*6,8-15H,5,7H2,1-4H3;1-2H3;2*1H;/q2*-1;;;;+2/p-2. The van der Waals surface area contributed by atoms with Crippen molar-refractivity contribution in [1.82, 2.24) is 0 Å². The summed E-state index contributed by atoms with van der Waals surface area (Å²) in [4.78, 5) is 0. The predicted molar refractivity (Wildman–Crippen MR) is 212 cm³/mol. The second-order valence-electron chi connectivity index (χ2n) is 15.5. The first kappa shape index (κ1) is 43.6. The zero-order chi connectivity index (χ0) is 35.1. The Bertz CT molecular complexity index is 1780. The van der Waals surface area contributed by atoms with Crippen molar-refractivity contribution in [2.24, 2.45) is 0 Å². The molecule has 0 saturated carbocycles. The molecule has 0 heterocycles. The first-order valence-electron chi connectivity index (χ1n) is 17.8. The van der Waals surface area contributed by atoms with Gasteiger partial charge in [-0.25, -0.2) is 0 Å². The summed E-state index contributed by atoms with van der Waals surface area (Å²) in [7, 11) is 0. The monoisotopic (exact) mass is 780 g/mol. The SMILES string of the molecule is CCCc1cc2c(-c3ccc(C(C)(C)C)cc3)cccc2[cH-]1.CCCc1cc2c(-c3ccc(C(C)(C)C)cc3)cccc2[cH-]1.C[C](C)=[Zr+2].[Cl-].[Cl-]. The average molecular weight is 783 g/mol. The Hall–Kier alpha value is -2.57. The van der Waals surface area contributed by atoms with Crippen LogP contribution in [-0.4, -0.2) is 3.21 Å². The van der Waals surface area contributed by atoms with Crippen molar-refractivity contribution in [3.8, 4) is 22.3 Å². The molecule has 0 fully saturated rings. The van der Waals surface area contributed by atoms with Crippen molar-refractivity contribution in [2.75, 3.05) is 0 Å². The van der Waals surface area contributed by atoms with Gasteiger partial charge in [-0.05, 0) is 45.9 Å². The van der Waals surface area contributed by atoms with Gasteiger partial charge in [-0.15, -0.1) is 69.1 Å². The largest absolute Gasteiger partial charge is 1.00 e. The fourth-order valence-corrected chi connectivity index (χ4v) is 6.26. The van der Waals surface area contributed by atoms with E-state index in [1.54, 1.807) is 24.2 Å². The van der Waals surface area contributed by atoms with E-state index in [0.717, 1.165) is 12.8 Å². The van der Waals surface area contributed by atoms with Gasteiger partial charge in [0.05, 0.1) is 0 Å². The molecule has 0 bridgehead atoms. The molecule has 0 N–H and O–H groups in total. The van der Waals surface area contributed by atoms with E-state index in [1.807, 2.05) is 0 Å². The van der Waals surface area contributed by atoms with E-state index < -0.39 is 0 Å². The molecule has 6 aromatic rings. The average Bonchev–Trinajstić information content (AvgIpc) is 3.64. The number of benzene rings is 4. The van der Waals surface area contributed by atoms with E-state index in [2.05, 4.69) is 178 Å². The maximum atomic E-state index is 2.37. The predicted octanol–water partition coefficient (Wildman–Crippen LogP) is 7.70. The van der Waals surface area contributed by atoms with Gasteiger partial charge in [-0.3, -0.25) is 0 Å². The second kappa shape index (κ2) is 19.3. The van der Waals surface area contributed by atoms with E-state index in [9.17, 15) is 0 Å². The number of fused-ring (bicyclic) bond motifs is 2. The molecule has 0 aromatic heterocycles. The van der Waals surface area contributed by atoms with Crippen LogP contribution in [0, 0.1) is 0 Å². The third-order valence-corrected chi connectivity index (χ3v) is 8.82. The quantitative estimate of drug-likeness (QED) is 0.152. The zero-order valence-corrected chi connectivity index (χ0v) is 35.9. The third kappa shape index (κ3) is 11.7. The van der Waals surface area contributed by atoms with Gasteiger partial charge in [-0.2, -0.15) is 12.1 Å². The summed E-state index contributed by atoms with van der Waals surface area (Å²) in [6, 6.07) is 40.8. The van der Waals surface area contributed by atoms with Crippen molar-refractivity contribution in [3.05, 3.63) is 131 Å². The molecule has 3 heteroatoms. The normalized spacial score (nSPS) is 11.1. The molecule has 0 spiro atoms. The van der Waals surface area contributed by atoms with Crippen molar-refractivity contribution >= 4 is 24.8 Å². The van der Waals surface area contributed by atoms with Crippen molar-refractivity contribution in [2.45, 2.75) is 106 Å². The van der Waals surface area contributed by atoms with Crippen LogP contribution in [0.2, 0.25) is 0 Å². The van der Waals surface area contributed by atoms with Gasteiger partial charge in [0.25, 0.3) is 0 Å². The Morgan fingerprint density at radius 2 is 0.860 bits per heavy atom. The Balaban J connectivity index is 0.000000303. The Kier molecular flexibility index (Phi) is 16.8. The summed E-state index contributed by atoms with van der Waals surface area (Å²) in [5.74, 6) is 0. The smallest absolute Gasteiger partial charge is 1.00 e. The number of aryl methyl sites for hydroxylation is 2. The molecule has 6 aromatic carbocycles. The van der Waals surface area contributed by atoms with Crippen LogP contribution >= 0.6 is 0 Å². The van der Waals surface area contributed by atoms with Crippen LogP contribution in [0.4, 0.5) is 0 Å². The molecule has 0 atom stereocenters. The Morgan fingerprint density at radius 3 is 1.14 bits per heavy atom. The summed E-state index contributed by atoms with van der Waals surface area (Å²) in [6.07, 6.45) is 4.73.